The Morgan fingerprint density at radius 3 is 2.41 bits per heavy atom. The highest BCUT2D eigenvalue weighted by Gasteiger charge is 2.42. The van der Waals surface area contributed by atoms with Crippen LogP contribution in [0.3, 0.4) is 0 Å². The first-order valence-corrected chi connectivity index (χ1v) is 10.4. The van der Waals surface area contributed by atoms with E-state index in [-0.39, 0.29) is 5.91 Å². The molecule has 2 unspecified atom stereocenters. The summed E-state index contributed by atoms with van der Waals surface area (Å²) in [5.41, 5.74) is 3.20. The summed E-state index contributed by atoms with van der Waals surface area (Å²) < 4.78 is 0. The summed E-state index contributed by atoms with van der Waals surface area (Å²) in [6.07, 6.45) is 6.00. The van der Waals surface area contributed by atoms with E-state index in [1.54, 1.807) is 4.90 Å². The highest BCUT2D eigenvalue weighted by molar-refractivity contribution is 6.30. The van der Waals surface area contributed by atoms with Crippen molar-refractivity contribution in [1.82, 2.24) is 5.32 Å². The maximum absolute atomic E-state index is 12.7. The number of benzene rings is 2. The molecule has 2 aromatic carbocycles. The van der Waals surface area contributed by atoms with Crippen LogP contribution in [0.5, 0.6) is 0 Å². The van der Waals surface area contributed by atoms with Gasteiger partial charge < -0.3 is 10.2 Å². The first-order valence-electron chi connectivity index (χ1n) is 10.1. The summed E-state index contributed by atoms with van der Waals surface area (Å²) in [5.74, 6) is 0.0809. The van der Waals surface area contributed by atoms with Crippen LogP contribution in [0.15, 0.2) is 48.5 Å². The lowest BCUT2D eigenvalue weighted by Crippen LogP contribution is -3.20. The van der Waals surface area contributed by atoms with Crippen LogP contribution in [0.1, 0.15) is 53.6 Å². The summed E-state index contributed by atoms with van der Waals surface area (Å²) in [4.78, 5) is 14.4. The van der Waals surface area contributed by atoms with Crippen molar-refractivity contribution in [2.24, 2.45) is 0 Å². The van der Waals surface area contributed by atoms with E-state index in [1.165, 1.54) is 24.8 Å². The van der Waals surface area contributed by atoms with Crippen molar-refractivity contribution in [3.63, 3.8) is 0 Å². The van der Waals surface area contributed by atoms with Crippen molar-refractivity contribution in [3.8, 4) is 0 Å². The minimum Gasteiger partial charge on any atom is -0.349 e. The van der Waals surface area contributed by atoms with Crippen molar-refractivity contribution in [3.05, 3.63) is 70.2 Å². The van der Waals surface area contributed by atoms with E-state index < -0.39 is 0 Å². The maximum Gasteiger partial charge on any atom is 0.251 e. The fourth-order valence-corrected chi connectivity index (χ4v) is 5.10. The number of carbonyl (C=O) groups excluding carboxylic acids is 1. The van der Waals surface area contributed by atoms with E-state index in [1.807, 2.05) is 43.3 Å². The third kappa shape index (κ3) is 4.20. The van der Waals surface area contributed by atoms with E-state index in [2.05, 4.69) is 17.4 Å². The van der Waals surface area contributed by atoms with E-state index >= 15 is 0 Å². The number of aryl methyl sites for hydroxylation is 1. The molecule has 27 heavy (non-hydrogen) atoms. The van der Waals surface area contributed by atoms with Crippen molar-refractivity contribution >= 4 is 17.5 Å². The van der Waals surface area contributed by atoms with Gasteiger partial charge in [0.2, 0.25) is 0 Å². The number of fused-ring (bicyclic) bond motifs is 2. The van der Waals surface area contributed by atoms with Crippen LogP contribution in [0.4, 0.5) is 0 Å². The Balaban J connectivity index is 1.42. The molecule has 2 heterocycles. The number of amides is 1. The van der Waals surface area contributed by atoms with Gasteiger partial charge in [0.25, 0.3) is 5.91 Å². The summed E-state index contributed by atoms with van der Waals surface area (Å²) >= 11 is 6.03. The molecule has 4 heteroatoms. The Kier molecular flexibility index (Phi) is 5.51. The second-order valence-electron chi connectivity index (χ2n) is 8.16. The molecular weight excluding hydrogens is 356 g/mol. The molecule has 142 valence electrons. The Labute approximate surface area is 166 Å². The molecule has 2 fully saturated rings. The number of hydrogen-bond donors (Lipinski definition) is 2. The summed E-state index contributed by atoms with van der Waals surface area (Å²) in [5, 5.41) is 4.12. The maximum atomic E-state index is 12.7. The quantitative estimate of drug-likeness (QED) is 0.831. The van der Waals surface area contributed by atoms with Crippen LogP contribution < -0.4 is 10.2 Å². The third-order valence-electron chi connectivity index (χ3n) is 6.34. The van der Waals surface area contributed by atoms with Gasteiger partial charge in [-0.2, -0.15) is 0 Å². The highest BCUT2D eigenvalue weighted by Crippen LogP contribution is 2.23. The van der Waals surface area contributed by atoms with Gasteiger partial charge in [0.15, 0.2) is 0 Å². The largest absolute Gasteiger partial charge is 0.349 e. The SMILES string of the molecule is Cc1ccccc1C(=O)NC1C[C@H]2CCC[C@@H](C1)[NH+]2Cc1ccc(Cl)cc1. The smallest absolute Gasteiger partial charge is 0.251 e. The van der Waals surface area contributed by atoms with Crippen LogP contribution in [-0.4, -0.2) is 24.0 Å². The molecular formula is C23H28ClN2O+. The van der Waals surface area contributed by atoms with Gasteiger partial charge >= 0.3 is 0 Å². The summed E-state index contributed by atoms with van der Waals surface area (Å²) in [6.45, 7) is 3.06. The summed E-state index contributed by atoms with van der Waals surface area (Å²) in [7, 11) is 0. The molecule has 2 bridgehead atoms. The predicted octanol–water partition coefficient (Wildman–Crippen LogP) is 3.55. The normalized spacial score (nSPS) is 27.2. The molecule has 2 saturated heterocycles. The van der Waals surface area contributed by atoms with Crippen LogP contribution in [0.25, 0.3) is 0 Å². The minimum absolute atomic E-state index is 0.0809. The number of halogens is 1. The van der Waals surface area contributed by atoms with Gasteiger partial charge in [-0.25, -0.2) is 0 Å². The van der Waals surface area contributed by atoms with Crippen LogP contribution >= 0.6 is 11.6 Å². The average Bonchev–Trinajstić information content (AvgIpc) is 2.64. The van der Waals surface area contributed by atoms with E-state index in [4.69, 9.17) is 11.6 Å². The van der Waals surface area contributed by atoms with Crippen molar-refractivity contribution in [2.75, 3.05) is 0 Å². The molecule has 4 rings (SSSR count). The van der Waals surface area contributed by atoms with Crippen LogP contribution in [0, 0.1) is 6.92 Å². The molecule has 1 amide bonds. The molecule has 2 aromatic rings. The first kappa shape index (κ1) is 18.5. The number of rotatable bonds is 4. The topological polar surface area (TPSA) is 33.5 Å². The molecule has 2 aliphatic rings. The zero-order chi connectivity index (χ0) is 18.8. The molecule has 0 radical (unpaired) electrons. The lowest BCUT2D eigenvalue weighted by molar-refractivity contribution is -0.973. The number of carbonyl (C=O) groups is 1. The number of hydrogen-bond acceptors (Lipinski definition) is 1. The van der Waals surface area contributed by atoms with Gasteiger partial charge in [-0.3, -0.25) is 4.79 Å². The molecule has 2 N–H and O–H groups in total. The molecule has 4 atom stereocenters. The molecule has 0 aliphatic carbocycles. The molecule has 3 nitrogen and oxygen atoms in total. The van der Waals surface area contributed by atoms with E-state index in [9.17, 15) is 4.79 Å². The third-order valence-corrected chi connectivity index (χ3v) is 6.59. The average molecular weight is 384 g/mol. The van der Waals surface area contributed by atoms with Crippen molar-refractivity contribution < 1.29 is 9.69 Å². The van der Waals surface area contributed by atoms with Gasteiger partial charge in [-0.15, -0.1) is 0 Å². The number of nitrogens with one attached hydrogen (secondary N) is 2. The number of piperidine rings is 2. The second-order valence-corrected chi connectivity index (χ2v) is 8.60. The molecule has 0 spiro atoms. The fraction of sp³-hybridized carbons (Fsp3) is 0.435. The van der Waals surface area contributed by atoms with Gasteiger partial charge in [0.05, 0.1) is 12.1 Å². The minimum atomic E-state index is 0.0809. The highest BCUT2D eigenvalue weighted by atomic mass is 35.5. The van der Waals surface area contributed by atoms with Crippen molar-refractivity contribution in [1.29, 1.82) is 0 Å². The fourth-order valence-electron chi connectivity index (χ4n) is 4.97. The van der Waals surface area contributed by atoms with Gasteiger partial charge in [0.1, 0.15) is 6.54 Å². The standard InChI is InChI=1S/C23H27ClN2O/c1-16-5-2-3-8-22(16)23(27)25-19-13-20-6-4-7-21(14-19)26(20)15-17-9-11-18(24)12-10-17/h2-3,5,8-12,19-21H,4,6-7,13-15H2,1H3,(H,25,27)/p+1/t19?,20-,21+. The second kappa shape index (κ2) is 8.04. The Hall–Kier alpha value is -1.84. The first-order chi connectivity index (χ1) is 13.1. The van der Waals surface area contributed by atoms with Crippen molar-refractivity contribution in [2.45, 2.75) is 63.7 Å². The zero-order valence-electron chi connectivity index (χ0n) is 15.9. The van der Waals surface area contributed by atoms with Crippen LogP contribution in [-0.2, 0) is 6.54 Å². The van der Waals surface area contributed by atoms with Gasteiger partial charge in [-0.05, 0) is 49.9 Å². The molecule has 0 saturated carbocycles. The van der Waals surface area contributed by atoms with Gasteiger partial charge in [0, 0.05) is 35.0 Å². The number of quaternary nitrogens is 1. The van der Waals surface area contributed by atoms with Gasteiger partial charge in [-0.1, -0.05) is 41.9 Å². The zero-order valence-corrected chi connectivity index (χ0v) is 16.6. The van der Waals surface area contributed by atoms with E-state index in [0.717, 1.165) is 35.5 Å². The monoisotopic (exact) mass is 383 g/mol. The Morgan fingerprint density at radius 1 is 1.07 bits per heavy atom. The van der Waals surface area contributed by atoms with Crippen LogP contribution in [0.2, 0.25) is 5.02 Å². The Morgan fingerprint density at radius 2 is 1.74 bits per heavy atom. The lowest BCUT2D eigenvalue weighted by atomic mass is 9.81. The van der Waals surface area contributed by atoms with E-state index in [0.29, 0.717) is 18.1 Å². The Bertz CT molecular complexity index is 790. The molecule has 2 aliphatic heterocycles. The summed E-state index contributed by atoms with van der Waals surface area (Å²) in [6, 6.07) is 17.7. The predicted molar refractivity (Wildman–Crippen MR) is 109 cm³/mol. The lowest BCUT2D eigenvalue weighted by Gasteiger charge is -2.46. The molecule has 0 aromatic heterocycles.